The van der Waals surface area contributed by atoms with Crippen LogP contribution in [0.3, 0.4) is 0 Å². The number of nitrogens with two attached hydrogens (primary N) is 1. The number of aromatic nitrogens is 3. The Kier molecular flexibility index (Phi) is 2.83. The molecule has 4 nitrogen and oxygen atoms in total. The first-order valence-electron chi connectivity index (χ1n) is 4.80. The molecule has 0 aliphatic heterocycles. The van der Waals surface area contributed by atoms with E-state index in [2.05, 4.69) is 10.1 Å². The summed E-state index contributed by atoms with van der Waals surface area (Å²) in [5.41, 5.74) is 8.19. The maximum Gasteiger partial charge on any atom is 0.0947 e. The molecule has 0 aliphatic rings. The number of hydrogen-bond donors (Lipinski definition) is 1. The molecule has 5 heteroatoms. The van der Waals surface area contributed by atoms with Crippen LogP contribution in [0.5, 0.6) is 0 Å². The van der Waals surface area contributed by atoms with Crippen LogP contribution in [0.2, 0.25) is 0 Å². The Morgan fingerprint density at radius 2 is 2.40 bits per heavy atom. The third-order valence-corrected chi connectivity index (χ3v) is 3.20. The molecule has 15 heavy (non-hydrogen) atoms. The highest BCUT2D eigenvalue weighted by Gasteiger charge is 2.10. The standard InChI is InChI=1S/C10H14N4S/c1-7-6-15-10(13-7)3-9(11)8-4-12-14(2)5-8/h4-6,9H,3,11H2,1-2H3. The highest BCUT2D eigenvalue weighted by molar-refractivity contribution is 7.09. The molecule has 2 N–H and O–H groups in total. The Morgan fingerprint density at radius 3 is 2.93 bits per heavy atom. The fourth-order valence-electron chi connectivity index (χ4n) is 1.43. The third-order valence-electron chi connectivity index (χ3n) is 2.21. The summed E-state index contributed by atoms with van der Waals surface area (Å²) >= 11 is 1.66. The first kappa shape index (κ1) is 10.3. The minimum Gasteiger partial charge on any atom is -0.324 e. The maximum absolute atomic E-state index is 6.06. The molecular formula is C10H14N4S. The summed E-state index contributed by atoms with van der Waals surface area (Å²) in [7, 11) is 1.89. The van der Waals surface area contributed by atoms with Crippen LogP contribution in [0.15, 0.2) is 17.8 Å². The first-order valence-corrected chi connectivity index (χ1v) is 5.68. The average Bonchev–Trinajstić information content (AvgIpc) is 2.75. The summed E-state index contributed by atoms with van der Waals surface area (Å²) in [5.74, 6) is 0. The molecular weight excluding hydrogens is 208 g/mol. The van der Waals surface area contributed by atoms with Gasteiger partial charge in [-0.1, -0.05) is 0 Å². The van der Waals surface area contributed by atoms with E-state index in [-0.39, 0.29) is 6.04 Å². The zero-order valence-electron chi connectivity index (χ0n) is 8.84. The zero-order valence-corrected chi connectivity index (χ0v) is 9.66. The van der Waals surface area contributed by atoms with E-state index < -0.39 is 0 Å². The second kappa shape index (κ2) is 4.12. The predicted molar refractivity (Wildman–Crippen MR) is 60.7 cm³/mol. The molecule has 0 radical (unpaired) electrons. The van der Waals surface area contributed by atoms with E-state index in [4.69, 9.17) is 5.73 Å². The normalized spacial score (nSPS) is 13.0. The van der Waals surface area contributed by atoms with Crippen LogP contribution in [0, 0.1) is 6.92 Å². The maximum atomic E-state index is 6.06. The summed E-state index contributed by atoms with van der Waals surface area (Å²) in [6, 6.07) is -0.00995. The number of hydrogen-bond acceptors (Lipinski definition) is 4. The van der Waals surface area contributed by atoms with Gasteiger partial charge >= 0.3 is 0 Å². The van der Waals surface area contributed by atoms with Crippen molar-refractivity contribution in [1.29, 1.82) is 0 Å². The van der Waals surface area contributed by atoms with E-state index >= 15 is 0 Å². The van der Waals surface area contributed by atoms with Gasteiger partial charge in [-0.2, -0.15) is 5.10 Å². The van der Waals surface area contributed by atoms with Crippen LogP contribution >= 0.6 is 11.3 Å². The molecule has 1 atom stereocenters. The largest absolute Gasteiger partial charge is 0.324 e. The Balaban J connectivity index is 2.06. The van der Waals surface area contributed by atoms with E-state index in [1.165, 1.54) is 0 Å². The van der Waals surface area contributed by atoms with Gasteiger partial charge in [0.05, 0.1) is 11.2 Å². The highest BCUT2D eigenvalue weighted by atomic mass is 32.1. The van der Waals surface area contributed by atoms with Crippen molar-refractivity contribution in [3.8, 4) is 0 Å². The van der Waals surface area contributed by atoms with Gasteiger partial charge in [0.1, 0.15) is 0 Å². The third kappa shape index (κ3) is 2.43. The molecule has 0 saturated heterocycles. The molecule has 2 aromatic rings. The summed E-state index contributed by atoms with van der Waals surface area (Å²) < 4.78 is 1.77. The number of thiazole rings is 1. The molecule has 2 aromatic heterocycles. The van der Waals surface area contributed by atoms with Crippen LogP contribution in [-0.4, -0.2) is 14.8 Å². The van der Waals surface area contributed by atoms with Gasteiger partial charge in [-0.3, -0.25) is 4.68 Å². The van der Waals surface area contributed by atoms with Gasteiger partial charge in [-0.05, 0) is 6.92 Å². The Hall–Kier alpha value is -1.20. The lowest BCUT2D eigenvalue weighted by atomic mass is 10.1. The van der Waals surface area contributed by atoms with Gasteiger partial charge in [0.15, 0.2) is 0 Å². The van der Waals surface area contributed by atoms with Crippen molar-refractivity contribution in [2.24, 2.45) is 12.8 Å². The van der Waals surface area contributed by atoms with Crippen molar-refractivity contribution in [3.05, 3.63) is 34.0 Å². The summed E-state index contributed by atoms with van der Waals surface area (Å²) in [4.78, 5) is 4.39. The average molecular weight is 222 g/mol. The summed E-state index contributed by atoms with van der Waals surface area (Å²) in [6.07, 6.45) is 4.54. The van der Waals surface area contributed by atoms with E-state index in [0.717, 1.165) is 22.7 Å². The van der Waals surface area contributed by atoms with Crippen molar-refractivity contribution in [3.63, 3.8) is 0 Å². The van der Waals surface area contributed by atoms with Gasteiger partial charge in [0, 0.05) is 42.3 Å². The van der Waals surface area contributed by atoms with Gasteiger partial charge < -0.3 is 5.73 Å². The minimum absolute atomic E-state index is 0.00995. The molecule has 2 rings (SSSR count). The van der Waals surface area contributed by atoms with Gasteiger partial charge in [0.2, 0.25) is 0 Å². The zero-order chi connectivity index (χ0) is 10.8. The Bertz CT molecular complexity index is 446. The van der Waals surface area contributed by atoms with Crippen LogP contribution in [-0.2, 0) is 13.5 Å². The summed E-state index contributed by atoms with van der Waals surface area (Å²) in [5, 5.41) is 7.24. The van der Waals surface area contributed by atoms with Gasteiger partial charge in [-0.25, -0.2) is 4.98 Å². The molecule has 1 unspecified atom stereocenters. The SMILES string of the molecule is Cc1csc(CC(N)c2cnn(C)c2)n1. The second-order valence-corrected chi connectivity index (χ2v) is 4.58. The van der Waals surface area contributed by atoms with Crippen LogP contribution in [0.1, 0.15) is 22.3 Å². The second-order valence-electron chi connectivity index (χ2n) is 3.64. The number of rotatable bonds is 3. The molecule has 0 saturated carbocycles. The molecule has 0 aliphatic carbocycles. The minimum atomic E-state index is -0.00995. The van der Waals surface area contributed by atoms with Crippen molar-refractivity contribution in [1.82, 2.24) is 14.8 Å². The lowest BCUT2D eigenvalue weighted by Gasteiger charge is -2.05. The lowest BCUT2D eigenvalue weighted by molar-refractivity contribution is 0.712. The molecule has 0 amide bonds. The molecule has 0 spiro atoms. The predicted octanol–water partition coefficient (Wildman–Crippen LogP) is 1.43. The Morgan fingerprint density at radius 1 is 1.60 bits per heavy atom. The van der Waals surface area contributed by atoms with Gasteiger partial charge in [-0.15, -0.1) is 11.3 Å². The van der Waals surface area contributed by atoms with Crippen LogP contribution in [0.4, 0.5) is 0 Å². The smallest absolute Gasteiger partial charge is 0.0947 e. The highest BCUT2D eigenvalue weighted by Crippen LogP contribution is 2.17. The molecule has 2 heterocycles. The lowest BCUT2D eigenvalue weighted by Crippen LogP contribution is -2.12. The van der Waals surface area contributed by atoms with E-state index in [1.807, 2.05) is 31.7 Å². The first-order chi connectivity index (χ1) is 7.15. The van der Waals surface area contributed by atoms with Gasteiger partial charge in [0.25, 0.3) is 0 Å². The van der Waals surface area contributed by atoms with E-state index in [0.29, 0.717) is 0 Å². The quantitative estimate of drug-likeness (QED) is 0.854. The molecule has 0 bridgehead atoms. The van der Waals surface area contributed by atoms with Crippen molar-refractivity contribution >= 4 is 11.3 Å². The molecule has 80 valence electrons. The molecule has 0 aromatic carbocycles. The number of nitrogens with zero attached hydrogens (tertiary/aromatic N) is 3. The Labute approximate surface area is 92.8 Å². The fourth-order valence-corrected chi connectivity index (χ4v) is 2.27. The topological polar surface area (TPSA) is 56.7 Å². The van der Waals surface area contributed by atoms with Crippen LogP contribution in [0.25, 0.3) is 0 Å². The van der Waals surface area contributed by atoms with Crippen LogP contribution < -0.4 is 5.73 Å². The molecule has 0 fully saturated rings. The van der Waals surface area contributed by atoms with Crippen molar-refractivity contribution in [2.45, 2.75) is 19.4 Å². The van der Waals surface area contributed by atoms with E-state index in [9.17, 15) is 0 Å². The van der Waals surface area contributed by atoms with Crippen molar-refractivity contribution in [2.75, 3.05) is 0 Å². The summed E-state index contributed by atoms with van der Waals surface area (Å²) in [6.45, 7) is 2.00. The monoisotopic (exact) mass is 222 g/mol. The van der Waals surface area contributed by atoms with E-state index in [1.54, 1.807) is 16.0 Å². The fraction of sp³-hybridized carbons (Fsp3) is 0.400. The number of aryl methyl sites for hydroxylation is 2. The van der Waals surface area contributed by atoms with Crippen molar-refractivity contribution < 1.29 is 0 Å².